The van der Waals surface area contributed by atoms with Gasteiger partial charge in [0.2, 0.25) is 0 Å². The highest BCUT2D eigenvalue weighted by molar-refractivity contribution is 5.03. The quantitative estimate of drug-likeness (QED) is 0.837. The molecule has 1 saturated heterocycles. The molecule has 0 radical (unpaired) electrons. The first kappa shape index (κ1) is 11.6. The van der Waals surface area contributed by atoms with E-state index in [1.54, 1.807) is 0 Å². The zero-order chi connectivity index (χ0) is 11.5. The lowest BCUT2D eigenvalue weighted by Gasteiger charge is -2.24. The second-order valence-corrected chi connectivity index (χ2v) is 4.68. The molecule has 2 N–H and O–H groups in total. The van der Waals surface area contributed by atoms with Crippen molar-refractivity contribution in [2.45, 2.75) is 45.3 Å². The van der Waals surface area contributed by atoms with Gasteiger partial charge in [-0.25, -0.2) is 4.98 Å². The highest BCUT2D eigenvalue weighted by Gasteiger charge is 2.23. The first-order valence-electron chi connectivity index (χ1n) is 6.22. The fourth-order valence-corrected chi connectivity index (χ4v) is 2.61. The highest BCUT2D eigenvalue weighted by atomic mass is 15.2. The molecule has 1 aliphatic heterocycles. The van der Waals surface area contributed by atoms with E-state index in [-0.39, 0.29) is 6.04 Å². The van der Waals surface area contributed by atoms with E-state index in [1.807, 2.05) is 19.4 Å². The van der Waals surface area contributed by atoms with Crippen LogP contribution in [0.3, 0.4) is 0 Å². The molecule has 1 fully saturated rings. The van der Waals surface area contributed by atoms with Crippen LogP contribution in [0.25, 0.3) is 0 Å². The topological polar surface area (TPSA) is 47.1 Å². The monoisotopic (exact) mass is 222 g/mol. The Kier molecular flexibility index (Phi) is 3.61. The maximum atomic E-state index is 5.93. The van der Waals surface area contributed by atoms with Crippen LogP contribution in [0.5, 0.6) is 0 Å². The van der Waals surface area contributed by atoms with Gasteiger partial charge in [-0.3, -0.25) is 4.90 Å². The Morgan fingerprint density at radius 1 is 1.62 bits per heavy atom. The van der Waals surface area contributed by atoms with Crippen LogP contribution >= 0.6 is 0 Å². The number of hydrogen-bond acceptors (Lipinski definition) is 3. The molecule has 2 atom stereocenters. The molecule has 2 rings (SSSR count). The van der Waals surface area contributed by atoms with E-state index in [9.17, 15) is 0 Å². The van der Waals surface area contributed by atoms with Crippen molar-refractivity contribution in [1.82, 2.24) is 14.5 Å². The van der Waals surface area contributed by atoms with E-state index in [4.69, 9.17) is 5.73 Å². The van der Waals surface area contributed by atoms with E-state index in [0.717, 1.165) is 18.8 Å². The molecule has 2 heterocycles. The maximum absolute atomic E-state index is 5.93. The molecule has 0 saturated carbocycles. The van der Waals surface area contributed by atoms with Crippen LogP contribution in [0.15, 0.2) is 12.5 Å². The molecule has 4 heteroatoms. The normalized spacial score (nSPS) is 23.8. The molecule has 2 unspecified atom stereocenters. The van der Waals surface area contributed by atoms with E-state index in [1.165, 1.54) is 19.4 Å². The highest BCUT2D eigenvalue weighted by Crippen LogP contribution is 2.20. The predicted molar refractivity (Wildman–Crippen MR) is 65.1 cm³/mol. The number of imidazole rings is 1. The third kappa shape index (κ3) is 2.28. The molecule has 0 spiro atoms. The molecule has 0 bridgehead atoms. The summed E-state index contributed by atoms with van der Waals surface area (Å²) in [5.74, 6) is 0. The number of likely N-dealkylation sites (tertiary alicyclic amines) is 1. The summed E-state index contributed by atoms with van der Waals surface area (Å²) in [6, 6.07) is 0.732. The fourth-order valence-electron chi connectivity index (χ4n) is 2.61. The van der Waals surface area contributed by atoms with Gasteiger partial charge >= 0.3 is 0 Å². The van der Waals surface area contributed by atoms with Crippen molar-refractivity contribution in [3.8, 4) is 0 Å². The third-order valence-corrected chi connectivity index (χ3v) is 3.52. The second kappa shape index (κ2) is 4.97. The summed E-state index contributed by atoms with van der Waals surface area (Å²) in [6.07, 6.45) is 6.41. The van der Waals surface area contributed by atoms with Gasteiger partial charge in [0.05, 0.1) is 12.0 Å². The summed E-state index contributed by atoms with van der Waals surface area (Å²) < 4.78 is 2.21. The minimum Gasteiger partial charge on any atom is -0.332 e. The van der Waals surface area contributed by atoms with Gasteiger partial charge in [0.15, 0.2) is 0 Å². The first-order valence-corrected chi connectivity index (χ1v) is 6.22. The van der Waals surface area contributed by atoms with Crippen molar-refractivity contribution >= 4 is 0 Å². The Labute approximate surface area is 97.4 Å². The van der Waals surface area contributed by atoms with Crippen LogP contribution in [-0.4, -0.2) is 33.6 Å². The lowest BCUT2D eigenvalue weighted by atomic mass is 10.2. The summed E-state index contributed by atoms with van der Waals surface area (Å²) in [7, 11) is 0. The van der Waals surface area contributed by atoms with Crippen molar-refractivity contribution in [3.05, 3.63) is 18.2 Å². The van der Waals surface area contributed by atoms with Gasteiger partial charge in [-0.1, -0.05) is 6.92 Å². The van der Waals surface area contributed by atoms with Gasteiger partial charge in [0, 0.05) is 24.8 Å². The van der Waals surface area contributed by atoms with Gasteiger partial charge in [-0.05, 0) is 32.9 Å². The van der Waals surface area contributed by atoms with Crippen molar-refractivity contribution in [2.75, 3.05) is 13.1 Å². The molecule has 1 aromatic heterocycles. The predicted octanol–water partition coefficient (Wildman–Crippen LogP) is 1.39. The number of nitrogens with two attached hydrogens (primary N) is 1. The average Bonchev–Trinajstić information content (AvgIpc) is 2.86. The van der Waals surface area contributed by atoms with Gasteiger partial charge in [0.1, 0.15) is 0 Å². The van der Waals surface area contributed by atoms with E-state index in [0.29, 0.717) is 6.04 Å². The van der Waals surface area contributed by atoms with Gasteiger partial charge < -0.3 is 10.3 Å². The van der Waals surface area contributed by atoms with E-state index in [2.05, 4.69) is 21.4 Å². The van der Waals surface area contributed by atoms with Crippen molar-refractivity contribution in [2.24, 2.45) is 5.73 Å². The third-order valence-electron chi connectivity index (χ3n) is 3.52. The van der Waals surface area contributed by atoms with Gasteiger partial charge in [0.25, 0.3) is 0 Å². The van der Waals surface area contributed by atoms with Gasteiger partial charge in [-0.2, -0.15) is 0 Å². The van der Waals surface area contributed by atoms with Crippen LogP contribution in [-0.2, 0) is 6.54 Å². The SMILES string of the molecule is CCN1CCCC1Cn1cncc1C(C)N. The zero-order valence-electron chi connectivity index (χ0n) is 10.3. The fraction of sp³-hybridized carbons (Fsp3) is 0.750. The van der Waals surface area contributed by atoms with Crippen LogP contribution in [0.4, 0.5) is 0 Å². The molecule has 0 aliphatic carbocycles. The Morgan fingerprint density at radius 2 is 2.44 bits per heavy atom. The summed E-state index contributed by atoms with van der Waals surface area (Å²) in [4.78, 5) is 6.75. The largest absolute Gasteiger partial charge is 0.332 e. The second-order valence-electron chi connectivity index (χ2n) is 4.68. The number of nitrogens with zero attached hydrogens (tertiary/aromatic N) is 3. The molecule has 0 amide bonds. The van der Waals surface area contributed by atoms with Crippen LogP contribution in [0, 0.1) is 0 Å². The first-order chi connectivity index (χ1) is 7.72. The van der Waals surface area contributed by atoms with Crippen LogP contribution < -0.4 is 5.73 Å². The van der Waals surface area contributed by atoms with Crippen molar-refractivity contribution in [3.63, 3.8) is 0 Å². The summed E-state index contributed by atoms with van der Waals surface area (Å²) >= 11 is 0. The molecule has 0 aromatic carbocycles. The van der Waals surface area contributed by atoms with E-state index < -0.39 is 0 Å². The Bertz CT molecular complexity index is 332. The summed E-state index contributed by atoms with van der Waals surface area (Å²) in [5.41, 5.74) is 7.07. The van der Waals surface area contributed by atoms with Gasteiger partial charge in [-0.15, -0.1) is 0 Å². The average molecular weight is 222 g/mol. The molecule has 1 aliphatic rings. The molecular formula is C12H22N4. The smallest absolute Gasteiger partial charge is 0.0949 e. The molecule has 4 nitrogen and oxygen atoms in total. The maximum Gasteiger partial charge on any atom is 0.0949 e. The number of hydrogen-bond donors (Lipinski definition) is 1. The van der Waals surface area contributed by atoms with Crippen LogP contribution in [0.2, 0.25) is 0 Å². The van der Waals surface area contributed by atoms with E-state index >= 15 is 0 Å². The Hall–Kier alpha value is -0.870. The zero-order valence-corrected chi connectivity index (χ0v) is 10.3. The summed E-state index contributed by atoms with van der Waals surface area (Å²) in [6.45, 7) is 7.67. The number of likely N-dealkylation sites (N-methyl/N-ethyl adjacent to an activating group) is 1. The number of rotatable bonds is 4. The lowest BCUT2D eigenvalue weighted by Crippen LogP contribution is -2.33. The van der Waals surface area contributed by atoms with Crippen LogP contribution in [0.1, 0.15) is 38.4 Å². The molecular weight excluding hydrogens is 200 g/mol. The number of aromatic nitrogens is 2. The Morgan fingerprint density at radius 3 is 3.12 bits per heavy atom. The molecule has 90 valence electrons. The molecule has 1 aromatic rings. The standard InChI is InChI=1S/C12H22N4/c1-3-15-6-4-5-11(15)8-16-9-14-7-12(16)10(2)13/h7,9-11H,3-6,8,13H2,1-2H3. The van der Waals surface area contributed by atoms with Crippen molar-refractivity contribution in [1.29, 1.82) is 0 Å². The van der Waals surface area contributed by atoms with Crippen molar-refractivity contribution < 1.29 is 0 Å². The lowest BCUT2D eigenvalue weighted by molar-refractivity contribution is 0.242. The Balaban J connectivity index is 2.05. The minimum atomic E-state index is 0.0685. The summed E-state index contributed by atoms with van der Waals surface area (Å²) in [5, 5.41) is 0. The molecule has 16 heavy (non-hydrogen) atoms. The minimum absolute atomic E-state index is 0.0685.